The largest absolute Gasteiger partial charge is 0.497 e. The van der Waals surface area contributed by atoms with Crippen LogP contribution in [0.25, 0.3) is 0 Å². The summed E-state index contributed by atoms with van der Waals surface area (Å²) in [4.78, 5) is 26.2. The molecule has 0 saturated heterocycles. The number of nitrogens with zero attached hydrogens (tertiary/aromatic N) is 1. The van der Waals surface area contributed by atoms with Gasteiger partial charge in [0.1, 0.15) is 5.75 Å². The standard InChI is InChI=1S/C19H23N3O3/c1-4-22(5-2)16-11-9-14(10-12-16)20-18(23)19(24)21-15-7-6-8-17(13-15)25-3/h6-13H,4-5H2,1-3H3,(H,20,23)(H,21,24). The van der Waals surface area contributed by atoms with E-state index in [0.29, 0.717) is 17.1 Å². The van der Waals surface area contributed by atoms with E-state index in [1.807, 2.05) is 12.1 Å². The summed E-state index contributed by atoms with van der Waals surface area (Å²) in [5, 5.41) is 5.14. The first-order valence-electron chi connectivity index (χ1n) is 8.18. The number of nitrogens with one attached hydrogen (secondary N) is 2. The van der Waals surface area contributed by atoms with Crippen molar-refractivity contribution in [3.8, 4) is 5.75 Å². The highest BCUT2D eigenvalue weighted by Gasteiger charge is 2.14. The number of benzene rings is 2. The van der Waals surface area contributed by atoms with Gasteiger partial charge in [0.2, 0.25) is 0 Å². The molecule has 0 aromatic heterocycles. The van der Waals surface area contributed by atoms with Crippen molar-refractivity contribution in [2.45, 2.75) is 13.8 Å². The van der Waals surface area contributed by atoms with Gasteiger partial charge >= 0.3 is 11.8 Å². The van der Waals surface area contributed by atoms with E-state index in [2.05, 4.69) is 29.4 Å². The Labute approximate surface area is 147 Å². The van der Waals surface area contributed by atoms with Gasteiger partial charge in [0.15, 0.2) is 0 Å². The van der Waals surface area contributed by atoms with Crippen LogP contribution in [0.15, 0.2) is 48.5 Å². The van der Waals surface area contributed by atoms with E-state index in [4.69, 9.17) is 4.74 Å². The second-order valence-electron chi connectivity index (χ2n) is 5.36. The molecular formula is C19H23N3O3. The van der Waals surface area contributed by atoms with Crippen molar-refractivity contribution in [2.24, 2.45) is 0 Å². The Morgan fingerprint density at radius 2 is 1.52 bits per heavy atom. The molecule has 0 aliphatic carbocycles. The molecule has 0 spiro atoms. The molecule has 0 saturated carbocycles. The van der Waals surface area contributed by atoms with Crippen molar-refractivity contribution in [1.29, 1.82) is 0 Å². The molecule has 2 N–H and O–H groups in total. The minimum atomic E-state index is -0.735. The molecule has 2 aromatic carbocycles. The third-order valence-corrected chi connectivity index (χ3v) is 3.79. The Bertz CT molecular complexity index is 725. The maximum atomic E-state index is 12.0. The number of carbonyl (C=O) groups excluding carboxylic acids is 2. The van der Waals surface area contributed by atoms with Crippen LogP contribution in [0, 0.1) is 0 Å². The highest BCUT2D eigenvalue weighted by atomic mass is 16.5. The van der Waals surface area contributed by atoms with E-state index in [1.54, 1.807) is 36.4 Å². The second-order valence-corrected chi connectivity index (χ2v) is 5.36. The highest BCUT2D eigenvalue weighted by Crippen LogP contribution is 2.18. The molecule has 2 rings (SSSR count). The number of methoxy groups -OCH3 is 1. The lowest BCUT2D eigenvalue weighted by atomic mass is 10.2. The fourth-order valence-corrected chi connectivity index (χ4v) is 2.42. The summed E-state index contributed by atoms with van der Waals surface area (Å²) in [7, 11) is 1.54. The molecule has 2 aromatic rings. The van der Waals surface area contributed by atoms with Crippen LogP contribution >= 0.6 is 0 Å². The van der Waals surface area contributed by atoms with Gasteiger partial charge in [-0.05, 0) is 50.2 Å². The van der Waals surface area contributed by atoms with Gasteiger partial charge in [-0.15, -0.1) is 0 Å². The molecule has 0 heterocycles. The van der Waals surface area contributed by atoms with E-state index in [0.717, 1.165) is 18.8 Å². The molecule has 2 amide bonds. The molecule has 0 atom stereocenters. The third-order valence-electron chi connectivity index (χ3n) is 3.79. The zero-order chi connectivity index (χ0) is 18.2. The summed E-state index contributed by atoms with van der Waals surface area (Å²) < 4.78 is 5.09. The Hall–Kier alpha value is -3.02. The van der Waals surface area contributed by atoms with Crippen molar-refractivity contribution in [1.82, 2.24) is 0 Å². The Balaban J connectivity index is 1.97. The normalized spacial score (nSPS) is 10.0. The first-order valence-corrected chi connectivity index (χ1v) is 8.18. The second kappa shape index (κ2) is 8.73. The SMILES string of the molecule is CCN(CC)c1ccc(NC(=O)C(=O)Nc2cccc(OC)c2)cc1. The van der Waals surface area contributed by atoms with E-state index in [1.165, 1.54) is 7.11 Å². The van der Waals surface area contributed by atoms with Crippen LogP contribution in [0.3, 0.4) is 0 Å². The lowest BCUT2D eigenvalue weighted by molar-refractivity contribution is -0.132. The molecular weight excluding hydrogens is 318 g/mol. The average Bonchev–Trinajstić information content (AvgIpc) is 2.64. The summed E-state index contributed by atoms with van der Waals surface area (Å²) in [5.41, 5.74) is 2.14. The summed E-state index contributed by atoms with van der Waals surface area (Å²) in [5.74, 6) is -0.857. The Morgan fingerprint density at radius 1 is 0.920 bits per heavy atom. The highest BCUT2D eigenvalue weighted by molar-refractivity contribution is 6.43. The van der Waals surface area contributed by atoms with Crippen molar-refractivity contribution < 1.29 is 14.3 Å². The molecule has 6 heteroatoms. The molecule has 6 nitrogen and oxygen atoms in total. The lowest BCUT2D eigenvalue weighted by Gasteiger charge is -2.21. The van der Waals surface area contributed by atoms with Gasteiger partial charge in [-0.2, -0.15) is 0 Å². The average molecular weight is 341 g/mol. The summed E-state index contributed by atoms with van der Waals surface area (Å²) in [6, 6.07) is 14.2. The van der Waals surface area contributed by atoms with E-state index < -0.39 is 11.8 Å². The molecule has 0 radical (unpaired) electrons. The van der Waals surface area contributed by atoms with Gasteiger partial charge in [-0.1, -0.05) is 6.07 Å². The minimum absolute atomic E-state index is 0.497. The van der Waals surface area contributed by atoms with Crippen LogP contribution in [-0.2, 0) is 9.59 Å². The monoisotopic (exact) mass is 341 g/mol. The smallest absolute Gasteiger partial charge is 0.314 e. The van der Waals surface area contributed by atoms with Crippen LogP contribution in [0.4, 0.5) is 17.1 Å². The summed E-state index contributed by atoms with van der Waals surface area (Å²) in [6.45, 7) is 5.99. The van der Waals surface area contributed by atoms with Crippen LogP contribution in [0.1, 0.15) is 13.8 Å². The molecule has 0 aliphatic heterocycles. The van der Waals surface area contributed by atoms with Gasteiger partial charge in [0.25, 0.3) is 0 Å². The number of hydrogen-bond acceptors (Lipinski definition) is 4. The number of carbonyl (C=O) groups is 2. The van der Waals surface area contributed by atoms with Crippen molar-refractivity contribution in [3.05, 3.63) is 48.5 Å². The van der Waals surface area contributed by atoms with E-state index in [9.17, 15) is 9.59 Å². The third kappa shape index (κ3) is 4.97. The molecule has 0 unspecified atom stereocenters. The van der Waals surface area contributed by atoms with Crippen LogP contribution in [0.5, 0.6) is 5.75 Å². The van der Waals surface area contributed by atoms with Gasteiger partial charge in [0, 0.05) is 36.2 Å². The maximum Gasteiger partial charge on any atom is 0.314 e. The number of anilines is 3. The summed E-state index contributed by atoms with van der Waals surface area (Å²) in [6.07, 6.45) is 0. The van der Waals surface area contributed by atoms with Crippen LogP contribution in [-0.4, -0.2) is 32.0 Å². The molecule has 0 bridgehead atoms. The minimum Gasteiger partial charge on any atom is -0.497 e. The van der Waals surface area contributed by atoms with Crippen molar-refractivity contribution in [3.63, 3.8) is 0 Å². The van der Waals surface area contributed by atoms with Crippen molar-refractivity contribution >= 4 is 28.9 Å². The summed E-state index contributed by atoms with van der Waals surface area (Å²) >= 11 is 0. The Morgan fingerprint density at radius 3 is 2.08 bits per heavy atom. The molecule has 25 heavy (non-hydrogen) atoms. The molecule has 132 valence electrons. The molecule has 0 fully saturated rings. The number of hydrogen-bond donors (Lipinski definition) is 2. The fraction of sp³-hybridized carbons (Fsp3) is 0.263. The fourth-order valence-electron chi connectivity index (χ4n) is 2.42. The zero-order valence-corrected chi connectivity index (χ0v) is 14.7. The first-order chi connectivity index (χ1) is 12.1. The topological polar surface area (TPSA) is 70.7 Å². The van der Waals surface area contributed by atoms with E-state index >= 15 is 0 Å². The predicted octanol–water partition coefficient (Wildman–Crippen LogP) is 3.12. The quantitative estimate of drug-likeness (QED) is 0.792. The van der Waals surface area contributed by atoms with Crippen molar-refractivity contribution in [2.75, 3.05) is 35.7 Å². The van der Waals surface area contributed by atoms with E-state index in [-0.39, 0.29) is 0 Å². The molecule has 0 aliphatic rings. The van der Waals surface area contributed by atoms with Gasteiger partial charge < -0.3 is 20.3 Å². The maximum absolute atomic E-state index is 12.0. The van der Waals surface area contributed by atoms with Crippen LogP contribution < -0.4 is 20.3 Å². The number of ether oxygens (including phenoxy) is 1. The first kappa shape index (κ1) is 18.3. The van der Waals surface area contributed by atoms with Gasteiger partial charge in [-0.25, -0.2) is 0 Å². The Kier molecular flexibility index (Phi) is 6.39. The predicted molar refractivity (Wildman–Crippen MR) is 100 cm³/mol. The van der Waals surface area contributed by atoms with Gasteiger partial charge in [0.05, 0.1) is 7.11 Å². The zero-order valence-electron chi connectivity index (χ0n) is 14.7. The lowest BCUT2D eigenvalue weighted by Crippen LogP contribution is -2.29. The van der Waals surface area contributed by atoms with Gasteiger partial charge in [-0.3, -0.25) is 9.59 Å². The van der Waals surface area contributed by atoms with Crippen LogP contribution in [0.2, 0.25) is 0 Å². The number of rotatable bonds is 6. The number of amides is 2.